The molecule has 1 aliphatic heterocycles. The van der Waals surface area contributed by atoms with Crippen molar-refractivity contribution in [2.24, 2.45) is 0 Å². The van der Waals surface area contributed by atoms with Crippen molar-refractivity contribution in [3.63, 3.8) is 0 Å². The van der Waals surface area contributed by atoms with Gasteiger partial charge >= 0.3 is 0 Å². The largest absolute Gasteiger partial charge is 0.491 e. The predicted octanol–water partition coefficient (Wildman–Crippen LogP) is 4.75. The molecular weight excluding hydrogens is 445 g/mol. The first kappa shape index (κ1) is 23.1. The number of aliphatic hydroxyl groups excluding tert-OH is 1. The van der Waals surface area contributed by atoms with Crippen LogP contribution in [-0.2, 0) is 11.3 Å². The van der Waals surface area contributed by atoms with Crippen molar-refractivity contribution in [3.8, 4) is 5.75 Å². The van der Waals surface area contributed by atoms with Gasteiger partial charge in [0, 0.05) is 24.6 Å². The second-order valence-corrected chi connectivity index (χ2v) is 9.18. The molecule has 0 aliphatic carbocycles. The second-order valence-electron chi connectivity index (χ2n) is 9.18. The fraction of sp³-hybridized carbons (Fsp3) is 0.286. The van der Waals surface area contributed by atoms with Gasteiger partial charge in [0.25, 0.3) is 0 Å². The highest BCUT2D eigenvalue weighted by Crippen LogP contribution is 2.33. The van der Waals surface area contributed by atoms with Crippen LogP contribution in [0.15, 0.2) is 66.7 Å². The summed E-state index contributed by atoms with van der Waals surface area (Å²) in [6.45, 7) is 4.86. The number of aromatic nitrogens is 2. The molecule has 0 bridgehead atoms. The number of para-hydroxylation sites is 2. The molecule has 1 N–H and O–H groups in total. The molecule has 180 valence electrons. The number of benzene rings is 3. The van der Waals surface area contributed by atoms with E-state index >= 15 is 0 Å². The van der Waals surface area contributed by atoms with Crippen LogP contribution in [-0.4, -0.2) is 39.8 Å². The van der Waals surface area contributed by atoms with Crippen molar-refractivity contribution in [2.45, 2.75) is 38.8 Å². The Kier molecular flexibility index (Phi) is 6.26. The first-order valence-electron chi connectivity index (χ1n) is 11.8. The molecule has 1 saturated heterocycles. The number of ether oxygens (including phenoxy) is 1. The molecule has 1 aromatic heterocycles. The van der Waals surface area contributed by atoms with E-state index in [9.17, 15) is 14.3 Å². The van der Waals surface area contributed by atoms with Crippen LogP contribution in [0.5, 0.6) is 5.75 Å². The molecule has 1 fully saturated rings. The Labute approximate surface area is 203 Å². The Morgan fingerprint density at radius 1 is 1.11 bits per heavy atom. The highest BCUT2D eigenvalue weighted by atomic mass is 19.1. The molecule has 1 amide bonds. The van der Waals surface area contributed by atoms with Gasteiger partial charge in [0.05, 0.1) is 17.6 Å². The average Bonchev–Trinajstić information content (AvgIpc) is 3.41. The molecule has 5 rings (SSSR count). The molecule has 35 heavy (non-hydrogen) atoms. The first-order valence-corrected chi connectivity index (χ1v) is 11.8. The standard InChI is InChI=1S/C28H28FN3O3/c1-18-7-8-19(2)26(13-18)35-17-23(33)16-32-25-6-4-3-5-24(25)30-28(32)20-14-27(34)31(15-20)22-11-9-21(29)10-12-22/h3-13,20,23,33H,14-17H2,1-2H3/t20-,23-/m1/s1. The zero-order valence-corrected chi connectivity index (χ0v) is 19.8. The van der Waals surface area contributed by atoms with Crippen molar-refractivity contribution in [1.82, 2.24) is 9.55 Å². The lowest BCUT2D eigenvalue weighted by Gasteiger charge is -2.19. The number of imidazole rings is 1. The van der Waals surface area contributed by atoms with E-state index in [0.29, 0.717) is 25.2 Å². The van der Waals surface area contributed by atoms with Gasteiger partial charge in [0.1, 0.15) is 30.1 Å². The number of aliphatic hydroxyl groups is 1. The summed E-state index contributed by atoms with van der Waals surface area (Å²) in [5, 5.41) is 10.9. The normalized spacial score (nSPS) is 16.7. The van der Waals surface area contributed by atoms with Gasteiger partial charge in [-0.3, -0.25) is 4.79 Å². The van der Waals surface area contributed by atoms with E-state index in [1.54, 1.807) is 17.0 Å². The summed E-state index contributed by atoms with van der Waals surface area (Å²) in [7, 11) is 0. The van der Waals surface area contributed by atoms with Crippen molar-refractivity contribution in [2.75, 3.05) is 18.1 Å². The van der Waals surface area contributed by atoms with Crippen LogP contribution in [0.4, 0.5) is 10.1 Å². The minimum Gasteiger partial charge on any atom is -0.491 e. The van der Waals surface area contributed by atoms with Crippen LogP contribution in [0.25, 0.3) is 11.0 Å². The number of hydrogen-bond donors (Lipinski definition) is 1. The maximum Gasteiger partial charge on any atom is 0.227 e. The summed E-state index contributed by atoms with van der Waals surface area (Å²) in [5.41, 5.74) is 4.50. The molecule has 3 aromatic carbocycles. The number of aryl methyl sites for hydroxylation is 2. The number of nitrogens with zero attached hydrogens (tertiary/aromatic N) is 3. The Bertz CT molecular complexity index is 1370. The smallest absolute Gasteiger partial charge is 0.227 e. The van der Waals surface area contributed by atoms with Gasteiger partial charge in [-0.05, 0) is 67.4 Å². The molecule has 6 nitrogen and oxygen atoms in total. The van der Waals surface area contributed by atoms with Gasteiger partial charge in [-0.1, -0.05) is 24.3 Å². The maximum atomic E-state index is 13.4. The zero-order valence-electron chi connectivity index (χ0n) is 19.8. The van der Waals surface area contributed by atoms with Crippen LogP contribution in [0.2, 0.25) is 0 Å². The van der Waals surface area contributed by atoms with Crippen LogP contribution >= 0.6 is 0 Å². The third kappa shape index (κ3) is 4.77. The lowest BCUT2D eigenvalue weighted by molar-refractivity contribution is -0.117. The number of fused-ring (bicyclic) bond motifs is 1. The van der Waals surface area contributed by atoms with Gasteiger partial charge in [-0.2, -0.15) is 0 Å². The third-order valence-electron chi connectivity index (χ3n) is 6.48. The molecule has 0 saturated carbocycles. The van der Waals surface area contributed by atoms with E-state index in [1.165, 1.54) is 12.1 Å². The summed E-state index contributed by atoms with van der Waals surface area (Å²) >= 11 is 0. The van der Waals surface area contributed by atoms with E-state index in [-0.39, 0.29) is 24.2 Å². The molecule has 0 unspecified atom stereocenters. The first-order chi connectivity index (χ1) is 16.9. The highest BCUT2D eigenvalue weighted by Gasteiger charge is 2.35. The molecule has 0 spiro atoms. The van der Waals surface area contributed by atoms with E-state index in [4.69, 9.17) is 9.72 Å². The number of hydrogen-bond acceptors (Lipinski definition) is 4. The SMILES string of the molecule is Cc1ccc(C)c(OC[C@H](O)Cn2c([C@@H]3CC(=O)N(c4ccc(F)cc4)C3)nc3ccccc32)c1. The molecule has 1 aliphatic rings. The number of amides is 1. The van der Waals surface area contributed by atoms with Gasteiger partial charge in [-0.15, -0.1) is 0 Å². The quantitative estimate of drug-likeness (QED) is 0.421. The number of rotatable bonds is 7. The minimum atomic E-state index is -0.767. The van der Waals surface area contributed by atoms with E-state index in [1.807, 2.05) is 60.9 Å². The van der Waals surface area contributed by atoms with Gasteiger partial charge in [-0.25, -0.2) is 9.37 Å². The van der Waals surface area contributed by atoms with Gasteiger partial charge in [0.15, 0.2) is 0 Å². The van der Waals surface area contributed by atoms with E-state index < -0.39 is 6.10 Å². The molecule has 7 heteroatoms. The Morgan fingerprint density at radius 2 is 1.89 bits per heavy atom. The summed E-state index contributed by atoms with van der Waals surface area (Å²) in [4.78, 5) is 19.4. The number of anilines is 1. The maximum absolute atomic E-state index is 13.4. The summed E-state index contributed by atoms with van der Waals surface area (Å²) in [6.07, 6.45) is -0.466. The van der Waals surface area contributed by atoms with Crippen molar-refractivity contribution < 1.29 is 19.0 Å². The lowest BCUT2D eigenvalue weighted by atomic mass is 10.1. The number of carbonyl (C=O) groups is 1. The number of carbonyl (C=O) groups excluding carboxylic acids is 1. The Hall–Kier alpha value is -3.71. The number of halogens is 1. The predicted molar refractivity (Wildman–Crippen MR) is 133 cm³/mol. The van der Waals surface area contributed by atoms with Crippen molar-refractivity contribution in [3.05, 3.63) is 89.5 Å². The minimum absolute atomic E-state index is 0.0287. The Morgan fingerprint density at radius 3 is 2.69 bits per heavy atom. The molecule has 2 heterocycles. The molecular formula is C28H28FN3O3. The summed E-state index contributed by atoms with van der Waals surface area (Å²) in [6, 6.07) is 19.7. The van der Waals surface area contributed by atoms with Crippen LogP contribution in [0.3, 0.4) is 0 Å². The highest BCUT2D eigenvalue weighted by molar-refractivity contribution is 5.96. The molecule has 4 aromatic rings. The van der Waals surface area contributed by atoms with Crippen LogP contribution in [0, 0.1) is 19.7 Å². The second kappa shape index (κ2) is 9.50. The Balaban J connectivity index is 1.38. The molecule has 2 atom stereocenters. The third-order valence-corrected chi connectivity index (χ3v) is 6.48. The monoisotopic (exact) mass is 473 g/mol. The summed E-state index contributed by atoms with van der Waals surface area (Å²) < 4.78 is 21.3. The topological polar surface area (TPSA) is 67.6 Å². The average molecular weight is 474 g/mol. The van der Waals surface area contributed by atoms with Crippen molar-refractivity contribution >= 4 is 22.6 Å². The van der Waals surface area contributed by atoms with E-state index in [0.717, 1.165) is 33.7 Å². The fourth-order valence-electron chi connectivity index (χ4n) is 4.66. The fourth-order valence-corrected chi connectivity index (χ4v) is 4.66. The van der Waals surface area contributed by atoms with E-state index in [2.05, 4.69) is 0 Å². The van der Waals surface area contributed by atoms with Crippen molar-refractivity contribution in [1.29, 1.82) is 0 Å². The van der Waals surface area contributed by atoms with Crippen LogP contribution < -0.4 is 9.64 Å². The molecule has 0 radical (unpaired) electrons. The summed E-state index contributed by atoms with van der Waals surface area (Å²) in [5.74, 6) is 1.01. The van der Waals surface area contributed by atoms with Crippen LogP contribution in [0.1, 0.15) is 29.3 Å². The van der Waals surface area contributed by atoms with Gasteiger partial charge < -0.3 is 19.3 Å². The lowest BCUT2D eigenvalue weighted by Crippen LogP contribution is -2.26. The van der Waals surface area contributed by atoms with Gasteiger partial charge in [0.2, 0.25) is 5.91 Å². The zero-order chi connectivity index (χ0) is 24.5.